The van der Waals surface area contributed by atoms with Gasteiger partial charge in [0.2, 0.25) is 5.82 Å². The Bertz CT molecular complexity index is 2190. The lowest BCUT2D eigenvalue weighted by Gasteiger charge is -2.37. The van der Waals surface area contributed by atoms with Gasteiger partial charge in [0.1, 0.15) is 22.6 Å². The summed E-state index contributed by atoms with van der Waals surface area (Å²) < 4.78 is 49.4. The van der Waals surface area contributed by atoms with Crippen LogP contribution in [0.5, 0.6) is 5.75 Å². The number of alkyl halides is 3. The number of nitrogens with two attached hydrogens (primary N) is 1. The zero-order valence-corrected chi connectivity index (χ0v) is 28.4. The minimum Gasteiger partial charge on any atom is -0.494 e. The van der Waals surface area contributed by atoms with Gasteiger partial charge in [0, 0.05) is 49.4 Å². The summed E-state index contributed by atoms with van der Waals surface area (Å²) in [4.78, 5) is 45.4. The molecule has 15 heteroatoms. The number of likely N-dealkylation sites (tertiary alicyclic amines) is 1. The second-order valence-corrected chi connectivity index (χ2v) is 14.1. The number of benzene rings is 1. The summed E-state index contributed by atoms with van der Waals surface area (Å²) in [6.07, 6.45) is 1.28. The maximum Gasteiger partial charge on any atom is 0.451 e. The number of methoxy groups -OCH3 is 1. The van der Waals surface area contributed by atoms with Crippen molar-refractivity contribution in [3.05, 3.63) is 65.4 Å². The van der Waals surface area contributed by atoms with E-state index in [-0.39, 0.29) is 18.0 Å². The van der Waals surface area contributed by atoms with Crippen molar-refractivity contribution in [2.45, 2.75) is 69.9 Å². The molecule has 2 bridgehead atoms. The van der Waals surface area contributed by atoms with E-state index in [4.69, 9.17) is 20.4 Å². The first-order chi connectivity index (χ1) is 24.4. The van der Waals surface area contributed by atoms with Crippen LogP contribution in [0.2, 0.25) is 0 Å². The van der Waals surface area contributed by atoms with E-state index in [9.17, 15) is 22.8 Å². The molecule has 5 heterocycles. The molecule has 8 rings (SSSR count). The number of aromatic nitrogens is 6. The van der Waals surface area contributed by atoms with Crippen LogP contribution >= 0.6 is 0 Å². The Balaban J connectivity index is 1.14. The summed E-state index contributed by atoms with van der Waals surface area (Å²) in [6, 6.07) is 10.0. The fraction of sp³-hybridized carbons (Fsp3) is 0.444. The van der Waals surface area contributed by atoms with Gasteiger partial charge in [0.15, 0.2) is 5.82 Å². The van der Waals surface area contributed by atoms with Gasteiger partial charge in [-0.05, 0) is 87.3 Å². The summed E-state index contributed by atoms with van der Waals surface area (Å²) in [5, 5.41) is 3.58. The number of aryl methyl sites for hydroxylation is 1. The number of carbonyl (C=O) groups is 2. The molecule has 0 spiro atoms. The van der Waals surface area contributed by atoms with E-state index in [0.717, 1.165) is 61.0 Å². The molecule has 4 aromatic heterocycles. The number of imidazole rings is 1. The SMILES string of the molecule is COc1cc(C(=O)N2C[C@H](N)[C@@H]3CC[C@H]2C3)cc2nc(-c3cc4ccc([C@@H](C)NC(=O)c5ccnc(C(F)(F)F)n5)nc4n3CC3CC3)n(C)c12. The molecule has 12 nitrogen and oxygen atoms in total. The molecule has 51 heavy (non-hydrogen) atoms. The molecule has 1 saturated heterocycles. The zero-order valence-electron chi connectivity index (χ0n) is 28.4. The number of hydrogen-bond donors (Lipinski definition) is 2. The van der Waals surface area contributed by atoms with Gasteiger partial charge in [-0.2, -0.15) is 13.2 Å². The topological polar surface area (TPSA) is 146 Å². The number of ether oxygens (including phenoxy) is 1. The van der Waals surface area contributed by atoms with Gasteiger partial charge in [-0.1, -0.05) is 0 Å². The highest BCUT2D eigenvalue weighted by molar-refractivity contribution is 6.00. The number of nitrogens with one attached hydrogen (secondary N) is 1. The van der Waals surface area contributed by atoms with Crippen molar-refractivity contribution in [3.63, 3.8) is 0 Å². The summed E-state index contributed by atoms with van der Waals surface area (Å²) >= 11 is 0. The number of rotatable bonds is 8. The van der Waals surface area contributed by atoms with Crippen molar-refractivity contribution >= 4 is 33.9 Å². The first-order valence-electron chi connectivity index (χ1n) is 17.2. The minimum atomic E-state index is -4.77. The fourth-order valence-electron chi connectivity index (χ4n) is 7.70. The van der Waals surface area contributed by atoms with Crippen LogP contribution in [0.4, 0.5) is 13.2 Å². The van der Waals surface area contributed by atoms with Crippen molar-refractivity contribution in [3.8, 4) is 17.3 Å². The summed E-state index contributed by atoms with van der Waals surface area (Å²) in [6.45, 7) is 2.96. The van der Waals surface area contributed by atoms with Crippen LogP contribution in [-0.4, -0.2) is 71.5 Å². The molecule has 5 aromatic rings. The molecule has 0 unspecified atom stereocenters. The second kappa shape index (κ2) is 12.3. The summed E-state index contributed by atoms with van der Waals surface area (Å²) in [5.41, 5.74) is 10.0. The summed E-state index contributed by atoms with van der Waals surface area (Å²) in [7, 11) is 3.51. The van der Waals surface area contributed by atoms with Crippen molar-refractivity contribution < 1.29 is 27.5 Å². The number of amides is 2. The average Bonchev–Trinajstić information content (AvgIpc) is 3.58. The van der Waals surface area contributed by atoms with Gasteiger partial charge in [0.25, 0.3) is 11.8 Å². The van der Waals surface area contributed by atoms with Crippen LogP contribution in [0.15, 0.2) is 42.6 Å². The molecule has 2 aliphatic carbocycles. The van der Waals surface area contributed by atoms with Crippen LogP contribution < -0.4 is 15.8 Å². The van der Waals surface area contributed by atoms with Crippen LogP contribution in [0.3, 0.4) is 0 Å². The highest BCUT2D eigenvalue weighted by atomic mass is 19.4. The number of carbonyl (C=O) groups excluding carboxylic acids is 2. The fourth-order valence-corrected chi connectivity index (χ4v) is 7.70. The molecule has 0 radical (unpaired) electrons. The Kier molecular flexibility index (Phi) is 8.00. The van der Waals surface area contributed by atoms with Gasteiger partial charge in [-0.15, -0.1) is 0 Å². The van der Waals surface area contributed by atoms with E-state index >= 15 is 0 Å². The Hall–Kier alpha value is -5.05. The first kappa shape index (κ1) is 33.1. The molecule has 266 valence electrons. The second-order valence-electron chi connectivity index (χ2n) is 14.1. The van der Waals surface area contributed by atoms with Gasteiger partial charge >= 0.3 is 6.18 Å². The number of hydrogen-bond acceptors (Lipinski definition) is 8. The third kappa shape index (κ3) is 5.96. The Morgan fingerprint density at radius 3 is 2.63 bits per heavy atom. The number of fused-ring (bicyclic) bond motifs is 4. The van der Waals surface area contributed by atoms with E-state index in [1.807, 2.05) is 34.7 Å². The monoisotopic (exact) mass is 701 g/mol. The Morgan fingerprint density at radius 2 is 1.88 bits per heavy atom. The molecule has 3 fully saturated rings. The van der Waals surface area contributed by atoms with Crippen LogP contribution in [0.1, 0.15) is 77.4 Å². The first-order valence-corrected chi connectivity index (χ1v) is 17.2. The number of piperidine rings is 1. The largest absolute Gasteiger partial charge is 0.494 e. The molecule has 2 saturated carbocycles. The molecular weight excluding hydrogens is 663 g/mol. The van der Waals surface area contributed by atoms with E-state index in [1.54, 1.807) is 26.2 Å². The highest BCUT2D eigenvalue weighted by Gasteiger charge is 2.41. The molecule has 1 aromatic carbocycles. The average molecular weight is 702 g/mol. The smallest absolute Gasteiger partial charge is 0.451 e. The number of nitrogens with zero attached hydrogens (tertiary/aromatic N) is 7. The molecule has 3 aliphatic rings. The van der Waals surface area contributed by atoms with Crippen molar-refractivity contribution in [1.29, 1.82) is 0 Å². The molecule has 3 N–H and O–H groups in total. The normalized spacial score (nSPS) is 21.0. The van der Waals surface area contributed by atoms with E-state index in [0.29, 0.717) is 58.9 Å². The Labute approximate surface area is 291 Å². The van der Waals surface area contributed by atoms with Gasteiger partial charge in [-0.25, -0.2) is 19.9 Å². The predicted molar refractivity (Wildman–Crippen MR) is 182 cm³/mol. The maximum absolute atomic E-state index is 13.9. The molecular formula is C36H38F3N9O3. The number of pyridine rings is 1. The molecule has 4 atom stereocenters. The van der Waals surface area contributed by atoms with Gasteiger partial charge < -0.3 is 29.8 Å². The van der Waals surface area contributed by atoms with E-state index in [1.165, 1.54) is 0 Å². The quantitative estimate of drug-likeness (QED) is 0.223. The van der Waals surface area contributed by atoms with Gasteiger partial charge in [0.05, 0.1) is 30.1 Å². The maximum atomic E-state index is 13.9. The van der Waals surface area contributed by atoms with E-state index in [2.05, 4.69) is 19.9 Å². The summed E-state index contributed by atoms with van der Waals surface area (Å²) in [5.74, 6) is -0.0431. The van der Waals surface area contributed by atoms with Crippen molar-refractivity contribution in [2.75, 3.05) is 13.7 Å². The lowest BCUT2D eigenvalue weighted by atomic mass is 9.94. The van der Waals surface area contributed by atoms with Crippen LogP contribution in [0, 0.1) is 11.8 Å². The van der Waals surface area contributed by atoms with Gasteiger partial charge in [-0.3, -0.25) is 9.59 Å². The Morgan fingerprint density at radius 1 is 1.08 bits per heavy atom. The standard InChI is InChI=1S/C36H38F3N9O3/c1-18(42-33(49)26-10-11-41-35(45-26)36(37,38)39)25-9-7-21-14-28(48(31(21)43-25)16-19-4-5-19)32-44-27-13-22(15-29(51-3)30(27)46(32)2)34(50)47-17-24(40)20-6-8-23(47)12-20/h7,9-11,13-15,18-20,23-24H,4-6,8,12,16-17,40H2,1-3H3,(H,42,49)/t18-,20-,23+,24+/m1/s1. The van der Waals surface area contributed by atoms with Crippen molar-refractivity contribution in [2.24, 2.45) is 24.6 Å². The minimum absolute atomic E-state index is 0.0218. The molecule has 2 amide bonds. The third-order valence-electron chi connectivity index (χ3n) is 10.6. The van der Waals surface area contributed by atoms with Crippen LogP contribution in [-0.2, 0) is 19.8 Å². The third-order valence-corrected chi connectivity index (χ3v) is 10.6. The molecule has 1 aliphatic heterocycles. The highest BCUT2D eigenvalue weighted by Crippen LogP contribution is 2.40. The van der Waals surface area contributed by atoms with Crippen LogP contribution in [0.25, 0.3) is 33.6 Å². The van der Waals surface area contributed by atoms with Crippen molar-refractivity contribution in [1.82, 2.24) is 39.3 Å². The number of halogens is 3. The lowest BCUT2D eigenvalue weighted by molar-refractivity contribution is -0.145. The van der Waals surface area contributed by atoms with E-state index < -0.39 is 29.6 Å². The lowest BCUT2D eigenvalue weighted by Crippen LogP contribution is -2.51. The predicted octanol–water partition coefficient (Wildman–Crippen LogP) is 5.26. The zero-order chi connectivity index (χ0) is 35.8.